The third-order valence-corrected chi connectivity index (χ3v) is 5.54. The number of carbonyl (C=O) groups is 1. The molecule has 2 aromatic heterocycles. The minimum atomic E-state index is -0.502. The number of anilines is 1. The van der Waals surface area contributed by atoms with Crippen LogP contribution in [0.25, 0.3) is 16.2 Å². The van der Waals surface area contributed by atoms with Crippen molar-refractivity contribution in [1.82, 2.24) is 9.38 Å². The van der Waals surface area contributed by atoms with Gasteiger partial charge in [-0.3, -0.25) is 19.3 Å². The van der Waals surface area contributed by atoms with Gasteiger partial charge < -0.3 is 14.8 Å². The number of benzene rings is 2. The van der Waals surface area contributed by atoms with E-state index in [1.807, 2.05) is 34.2 Å². The van der Waals surface area contributed by atoms with Gasteiger partial charge in [0, 0.05) is 40.7 Å². The van der Waals surface area contributed by atoms with E-state index in [1.165, 1.54) is 29.5 Å². The molecule has 0 unspecified atom stereocenters. The molecule has 31 heavy (non-hydrogen) atoms. The van der Waals surface area contributed by atoms with Gasteiger partial charge >= 0.3 is 0 Å². The van der Waals surface area contributed by atoms with Crippen LogP contribution in [0.2, 0.25) is 0 Å². The zero-order valence-electron chi connectivity index (χ0n) is 16.7. The molecule has 9 nitrogen and oxygen atoms in total. The van der Waals surface area contributed by atoms with Crippen molar-refractivity contribution in [2.45, 2.75) is 6.42 Å². The highest BCUT2D eigenvalue weighted by molar-refractivity contribution is 7.15. The average molecular weight is 438 g/mol. The van der Waals surface area contributed by atoms with Crippen molar-refractivity contribution >= 4 is 33.6 Å². The summed E-state index contributed by atoms with van der Waals surface area (Å²) in [5.74, 6) is 1.06. The fraction of sp³-hybridized carbons (Fsp3) is 0.143. The lowest BCUT2D eigenvalue weighted by Crippen LogP contribution is -2.15. The number of methoxy groups -OCH3 is 2. The second-order valence-corrected chi connectivity index (χ2v) is 7.44. The highest BCUT2D eigenvalue weighted by Gasteiger charge is 2.16. The number of fused-ring (bicyclic) bond motifs is 1. The van der Waals surface area contributed by atoms with Crippen LogP contribution in [-0.4, -0.2) is 34.4 Å². The third-order valence-electron chi connectivity index (χ3n) is 4.65. The topological polar surface area (TPSA) is 108 Å². The molecule has 0 bridgehead atoms. The van der Waals surface area contributed by atoms with Crippen LogP contribution in [0.1, 0.15) is 5.69 Å². The molecule has 0 spiro atoms. The number of amides is 1. The molecule has 0 saturated carbocycles. The highest BCUT2D eigenvalue weighted by atomic mass is 32.1. The van der Waals surface area contributed by atoms with Gasteiger partial charge in [0.25, 0.3) is 5.69 Å². The molecule has 0 atom stereocenters. The first kappa shape index (κ1) is 20.4. The van der Waals surface area contributed by atoms with Gasteiger partial charge in [-0.15, -0.1) is 11.3 Å². The summed E-state index contributed by atoms with van der Waals surface area (Å²) in [6.45, 7) is 0. The number of nitrogens with one attached hydrogen (secondary N) is 1. The van der Waals surface area contributed by atoms with Crippen LogP contribution in [0, 0.1) is 10.1 Å². The maximum atomic E-state index is 12.5. The van der Waals surface area contributed by atoms with Gasteiger partial charge in [-0.1, -0.05) is 6.07 Å². The molecule has 2 heterocycles. The number of imidazole rings is 1. The second kappa shape index (κ2) is 8.44. The minimum absolute atomic E-state index is 0.0813. The Morgan fingerprint density at radius 2 is 2.06 bits per heavy atom. The van der Waals surface area contributed by atoms with E-state index in [2.05, 4.69) is 10.3 Å². The highest BCUT2D eigenvalue weighted by Crippen LogP contribution is 2.34. The van der Waals surface area contributed by atoms with E-state index in [-0.39, 0.29) is 18.0 Å². The van der Waals surface area contributed by atoms with Crippen LogP contribution < -0.4 is 14.8 Å². The molecule has 1 amide bonds. The molecule has 4 aromatic rings. The molecular weight excluding hydrogens is 420 g/mol. The number of thiazole rings is 1. The average Bonchev–Trinajstić information content (AvgIpc) is 3.35. The second-order valence-electron chi connectivity index (χ2n) is 6.60. The van der Waals surface area contributed by atoms with E-state index in [4.69, 9.17) is 9.47 Å². The lowest BCUT2D eigenvalue weighted by atomic mass is 10.1. The van der Waals surface area contributed by atoms with Gasteiger partial charge in [-0.05, 0) is 24.3 Å². The summed E-state index contributed by atoms with van der Waals surface area (Å²) in [4.78, 5) is 28.3. The maximum absolute atomic E-state index is 12.5. The first-order valence-electron chi connectivity index (χ1n) is 9.20. The zero-order valence-corrected chi connectivity index (χ0v) is 17.5. The molecule has 2 aromatic carbocycles. The van der Waals surface area contributed by atoms with E-state index >= 15 is 0 Å². The number of carbonyl (C=O) groups excluding carboxylic acids is 1. The van der Waals surface area contributed by atoms with E-state index in [9.17, 15) is 14.9 Å². The lowest BCUT2D eigenvalue weighted by molar-refractivity contribution is -0.384. The van der Waals surface area contributed by atoms with Crippen LogP contribution >= 0.6 is 11.3 Å². The van der Waals surface area contributed by atoms with E-state index in [0.29, 0.717) is 22.9 Å². The monoisotopic (exact) mass is 438 g/mol. The van der Waals surface area contributed by atoms with Gasteiger partial charge in [0.15, 0.2) is 4.96 Å². The Morgan fingerprint density at radius 3 is 2.81 bits per heavy atom. The Morgan fingerprint density at radius 1 is 1.23 bits per heavy atom. The van der Waals surface area contributed by atoms with Crippen LogP contribution in [0.3, 0.4) is 0 Å². The molecule has 0 aliphatic rings. The summed E-state index contributed by atoms with van der Waals surface area (Å²) in [5.41, 5.74) is 2.52. The van der Waals surface area contributed by atoms with E-state index in [1.54, 1.807) is 20.3 Å². The smallest absolute Gasteiger partial charge is 0.271 e. The van der Waals surface area contributed by atoms with Crippen molar-refractivity contribution in [3.8, 4) is 22.8 Å². The summed E-state index contributed by atoms with van der Waals surface area (Å²) in [6, 6.07) is 11.3. The summed E-state index contributed by atoms with van der Waals surface area (Å²) in [5, 5.41) is 15.5. The predicted octanol–water partition coefficient (Wildman–Crippen LogP) is 4.17. The molecule has 0 radical (unpaired) electrons. The van der Waals surface area contributed by atoms with Gasteiger partial charge in [0.1, 0.15) is 11.5 Å². The van der Waals surface area contributed by atoms with Crippen molar-refractivity contribution in [3.63, 3.8) is 0 Å². The molecule has 4 rings (SSSR count). The first-order valence-corrected chi connectivity index (χ1v) is 10.1. The Bertz CT molecular complexity index is 1280. The van der Waals surface area contributed by atoms with Gasteiger partial charge in [-0.25, -0.2) is 4.98 Å². The van der Waals surface area contributed by atoms with Crippen molar-refractivity contribution < 1.29 is 19.2 Å². The number of nitrogens with zero attached hydrogens (tertiary/aromatic N) is 3. The van der Waals surface area contributed by atoms with Crippen LogP contribution in [0.15, 0.2) is 54.0 Å². The van der Waals surface area contributed by atoms with E-state index in [0.717, 1.165) is 16.2 Å². The fourth-order valence-electron chi connectivity index (χ4n) is 3.17. The first-order chi connectivity index (χ1) is 15.0. The third kappa shape index (κ3) is 4.19. The maximum Gasteiger partial charge on any atom is 0.271 e. The van der Waals surface area contributed by atoms with Gasteiger partial charge in [-0.2, -0.15) is 0 Å². The Kier molecular flexibility index (Phi) is 5.54. The Hall–Kier alpha value is -3.92. The van der Waals surface area contributed by atoms with Crippen molar-refractivity contribution in [2.24, 2.45) is 0 Å². The van der Waals surface area contributed by atoms with Crippen molar-refractivity contribution in [2.75, 3.05) is 19.5 Å². The molecule has 0 fully saturated rings. The molecule has 0 saturated heterocycles. The van der Waals surface area contributed by atoms with Crippen molar-refractivity contribution in [1.29, 1.82) is 0 Å². The summed E-state index contributed by atoms with van der Waals surface area (Å²) < 4.78 is 12.6. The summed E-state index contributed by atoms with van der Waals surface area (Å²) >= 11 is 1.42. The number of non-ortho nitro benzene ring substituents is 1. The molecule has 158 valence electrons. The fourth-order valence-corrected chi connectivity index (χ4v) is 4.04. The number of aromatic nitrogens is 2. The quantitative estimate of drug-likeness (QED) is 0.343. The number of hydrogen-bond acceptors (Lipinski definition) is 7. The Balaban J connectivity index is 1.58. The zero-order chi connectivity index (χ0) is 22.0. The number of ether oxygens (including phenoxy) is 2. The number of nitro groups is 1. The largest absolute Gasteiger partial charge is 0.497 e. The molecular formula is C21H18N4O5S. The lowest BCUT2D eigenvalue weighted by Gasteiger charge is -2.08. The Labute approximate surface area is 181 Å². The van der Waals surface area contributed by atoms with E-state index < -0.39 is 4.92 Å². The van der Waals surface area contributed by atoms with Crippen molar-refractivity contribution in [3.05, 3.63) is 69.8 Å². The minimum Gasteiger partial charge on any atom is -0.497 e. The van der Waals surface area contributed by atoms with Crippen LogP contribution in [-0.2, 0) is 11.2 Å². The van der Waals surface area contributed by atoms with Crippen LogP contribution in [0.5, 0.6) is 11.5 Å². The number of hydrogen-bond donors (Lipinski definition) is 1. The molecule has 0 aliphatic heterocycles. The van der Waals surface area contributed by atoms with Gasteiger partial charge in [0.05, 0.1) is 31.3 Å². The standard InChI is InChI=1S/C21H18N4O5S/c1-29-16-6-7-19(30-2)17(10-16)18-11-24-15(12-31-21(24)23-18)9-20(26)22-13-4-3-5-14(8-13)25(27)28/h3-8,10-12H,9H2,1-2H3,(H,22,26). The van der Waals surface area contributed by atoms with Crippen LogP contribution in [0.4, 0.5) is 11.4 Å². The summed E-state index contributed by atoms with van der Waals surface area (Å²) in [7, 11) is 3.18. The predicted molar refractivity (Wildman–Crippen MR) is 117 cm³/mol. The normalized spacial score (nSPS) is 10.8. The SMILES string of the molecule is COc1ccc(OC)c(-c2cn3c(CC(=O)Nc4cccc([N+](=O)[O-])c4)csc3n2)c1. The molecule has 0 aliphatic carbocycles. The number of nitro benzene ring substituents is 1. The van der Waals surface area contributed by atoms with Gasteiger partial charge in [0.2, 0.25) is 5.91 Å². The molecule has 1 N–H and O–H groups in total. The summed E-state index contributed by atoms with van der Waals surface area (Å²) in [6.07, 6.45) is 1.94. The number of rotatable bonds is 7. The molecule has 10 heteroatoms.